The molecule has 1 aliphatic carbocycles. The van der Waals surface area contributed by atoms with Crippen molar-refractivity contribution in [1.82, 2.24) is 30.2 Å². The van der Waals surface area contributed by atoms with Crippen LogP contribution in [0.15, 0.2) is 4.99 Å². The van der Waals surface area contributed by atoms with Crippen molar-refractivity contribution in [2.24, 2.45) is 4.99 Å². The Labute approximate surface area is 188 Å². The molecule has 3 heterocycles. The predicted molar refractivity (Wildman–Crippen MR) is 125 cm³/mol. The number of hydrogen-bond donors (Lipinski definition) is 2. The lowest BCUT2D eigenvalue weighted by atomic mass is 9.84. The number of carbonyl (C=O) groups is 1. The van der Waals surface area contributed by atoms with Gasteiger partial charge in [0.15, 0.2) is 5.96 Å². The van der Waals surface area contributed by atoms with E-state index >= 15 is 0 Å². The summed E-state index contributed by atoms with van der Waals surface area (Å²) >= 11 is 0. The third kappa shape index (κ3) is 6.11. The molecule has 4 aliphatic rings. The Morgan fingerprint density at radius 1 is 0.968 bits per heavy atom. The molecule has 0 aromatic heterocycles. The van der Waals surface area contributed by atoms with E-state index in [9.17, 15) is 4.79 Å². The number of piperidine rings is 2. The highest BCUT2D eigenvalue weighted by Crippen LogP contribution is 2.31. The molecule has 4 fully saturated rings. The molecule has 8 nitrogen and oxygen atoms in total. The lowest BCUT2D eigenvalue weighted by Gasteiger charge is -2.50. The number of nitrogens with zero attached hydrogens (tertiary/aromatic N) is 5. The zero-order valence-electron chi connectivity index (χ0n) is 19.7. The van der Waals surface area contributed by atoms with Crippen LogP contribution >= 0.6 is 0 Å². The average molecular weight is 434 g/mol. The van der Waals surface area contributed by atoms with Crippen LogP contribution < -0.4 is 10.6 Å². The van der Waals surface area contributed by atoms with Crippen LogP contribution in [0.3, 0.4) is 0 Å². The van der Waals surface area contributed by atoms with E-state index in [1.54, 1.807) is 0 Å². The maximum atomic E-state index is 12.1. The normalized spacial score (nSPS) is 26.6. The number of nitrogens with one attached hydrogen (secondary N) is 2. The first-order valence-corrected chi connectivity index (χ1v) is 12.5. The molecule has 3 aliphatic heterocycles. The summed E-state index contributed by atoms with van der Waals surface area (Å²) < 4.78 is 0. The zero-order valence-corrected chi connectivity index (χ0v) is 19.7. The molecule has 0 radical (unpaired) electrons. The first kappa shape index (κ1) is 22.8. The molecule has 0 unspecified atom stereocenters. The van der Waals surface area contributed by atoms with Gasteiger partial charge in [0.2, 0.25) is 5.91 Å². The number of hydrogen-bond acceptors (Lipinski definition) is 5. The molecular weight excluding hydrogens is 390 g/mol. The molecule has 176 valence electrons. The van der Waals surface area contributed by atoms with E-state index in [2.05, 4.69) is 42.3 Å². The van der Waals surface area contributed by atoms with Gasteiger partial charge >= 0.3 is 0 Å². The van der Waals surface area contributed by atoms with Crippen molar-refractivity contribution in [2.75, 3.05) is 79.5 Å². The number of carbonyl (C=O) groups excluding carboxylic acids is 1. The van der Waals surface area contributed by atoms with Gasteiger partial charge in [-0.05, 0) is 71.8 Å². The van der Waals surface area contributed by atoms with E-state index in [1.165, 1.54) is 58.3 Å². The van der Waals surface area contributed by atoms with Crippen molar-refractivity contribution in [1.29, 1.82) is 0 Å². The van der Waals surface area contributed by atoms with Crippen LogP contribution in [0.4, 0.5) is 0 Å². The van der Waals surface area contributed by atoms with Crippen LogP contribution in [0.5, 0.6) is 0 Å². The highest BCUT2D eigenvalue weighted by Gasteiger charge is 2.40. The summed E-state index contributed by atoms with van der Waals surface area (Å²) in [5.74, 6) is 1.21. The van der Waals surface area contributed by atoms with Gasteiger partial charge in [-0.1, -0.05) is 6.42 Å². The molecule has 3 saturated heterocycles. The molecule has 0 aromatic carbocycles. The lowest BCUT2D eigenvalue weighted by Crippen LogP contribution is -2.63. The Hall–Kier alpha value is -1.38. The third-order valence-electron chi connectivity index (χ3n) is 7.71. The summed E-state index contributed by atoms with van der Waals surface area (Å²) in [6.45, 7) is 10.0. The average Bonchev–Trinajstić information content (AvgIpc) is 3.61. The van der Waals surface area contributed by atoms with Crippen LogP contribution in [0.2, 0.25) is 0 Å². The molecule has 8 heteroatoms. The van der Waals surface area contributed by atoms with Gasteiger partial charge in [-0.2, -0.15) is 0 Å². The smallest absolute Gasteiger partial charge is 0.234 e. The second kappa shape index (κ2) is 10.5. The fraction of sp³-hybridized carbons (Fsp3) is 0.913. The maximum Gasteiger partial charge on any atom is 0.234 e. The van der Waals surface area contributed by atoms with E-state index in [-0.39, 0.29) is 11.4 Å². The minimum Gasteiger partial charge on any atom is -0.354 e. The number of guanidine groups is 1. The molecular formula is C23H43N7O. The number of aliphatic imine (C=N–C) groups is 1. The van der Waals surface area contributed by atoms with Gasteiger partial charge in [0.05, 0.1) is 6.54 Å². The van der Waals surface area contributed by atoms with Crippen LogP contribution in [0.25, 0.3) is 0 Å². The Balaban J connectivity index is 1.28. The van der Waals surface area contributed by atoms with Crippen molar-refractivity contribution in [2.45, 2.75) is 56.5 Å². The van der Waals surface area contributed by atoms with E-state index < -0.39 is 0 Å². The van der Waals surface area contributed by atoms with Crippen LogP contribution in [0, 0.1) is 0 Å². The second-order valence-electron chi connectivity index (χ2n) is 10.1. The molecule has 1 saturated carbocycles. The van der Waals surface area contributed by atoms with Crippen LogP contribution in [0.1, 0.15) is 44.9 Å². The molecule has 0 spiro atoms. The van der Waals surface area contributed by atoms with Gasteiger partial charge in [-0.15, -0.1) is 0 Å². The fourth-order valence-electron chi connectivity index (χ4n) is 5.41. The molecule has 1 amide bonds. The minimum atomic E-state index is 0.184. The molecule has 2 N–H and O–H groups in total. The van der Waals surface area contributed by atoms with Gasteiger partial charge in [0.25, 0.3) is 0 Å². The van der Waals surface area contributed by atoms with E-state index in [0.717, 1.165) is 51.5 Å². The largest absolute Gasteiger partial charge is 0.354 e. The van der Waals surface area contributed by atoms with Gasteiger partial charge in [-0.3, -0.25) is 19.6 Å². The fourth-order valence-corrected chi connectivity index (χ4v) is 5.41. The highest BCUT2D eigenvalue weighted by molar-refractivity contribution is 5.80. The quantitative estimate of drug-likeness (QED) is 0.467. The van der Waals surface area contributed by atoms with Gasteiger partial charge in [0.1, 0.15) is 0 Å². The standard InChI is InChI=1S/C23H43N7O/c1-24-22(29-16-14-28(15-17-29)18-21(31)26-20-6-7-20)25-19-23(8-12-27(2)13-9-23)30-10-4-3-5-11-30/h20H,3-19H2,1-2H3,(H,24,25)(H,26,31). The molecule has 31 heavy (non-hydrogen) atoms. The number of amides is 1. The van der Waals surface area contributed by atoms with E-state index in [4.69, 9.17) is 0 Å². The SMILES string of the molecule is CN=C(NCC1(N2CCCCC2)CCN(C)CC1)N1CCN(CC(=O)NC2CC2)CC1. The minimum absolute atomic E-state index is 0.184. The summed E-state index contributed by atoms with van der Waals surface area (Å²) in [7, 11) is 4.15. The van der Waals surface area contributed by atoms with E-state index in [1.807, 2.05) is 7.05 Å². The van der Waals surface area contributed by atoms with Crippen molar-refractivity contribution in [3.05, 3.63) is 0 Å². The van der Waals surface area contributed by atoms with Crippen LogP contribution in [-0.4, -0.2) is 123 Å². The van der Waals surface area contributed by atoms with Crippen molar-refractivity contribution >= 4 is 11.9 Å². The summed E-state index contributed by atoms with van der Waals surface area (Å²) in [6, 6.07) is 0.448. The number of likely N-dealkylation sites (tertiary alicyclic amines) is 2. The number of rotatable bonds is 6. The zero-order chi connectivity index (χ0) is 21.7. The van der Waals surface area contributed by atoms with Gasteiger partial charge in [0, 0.05) is 51.4 Å². The molecule has 4 rings (SSSR count). The Bertz CT molecular complexity index is 613. The van der Waals surface area contributed by atoms with Crippen LogP contribution in [-0.2, 0) is 4.79 Å². The number of piperazine rings is 1. The van der Waals surface area contributed by atoms with Gasteiger partial charge in [-0.25, -0.2) is 0 Å². The summed E-state index contributed by atoms with van der Waals surface area (Å²) in [6.07, 6.45) is 8.82. The molecule has 0 aromatic rings. The lowest BCUT2D eigenvalue weighted by molar-refractivity contribution is -0.122. The molecule has 0 atom stereocenters. The van der Waals surface area contributed by atoms with E-state index in [0.29, 0.717) is 12.6 Å². The van der Waals surface area contributed by atoms with Gasteiger partial charge < -0.3 is 20.4 Å². The van der Waals surface area contributed by atoms with Crippen molar-refractivity contribution in [3.8, 4) is 0 Å². The Morgan fingerprint density at radius 3 is 2.26 bits per heavy atom. The first-order valence-electron chi connectivity index (χ1n) is 12.5. The van der Waals surface area contributed by atoms with Crippen molar-refractivity contribution in [3.63, 3.8) is 0 Å². The maximum absolute atomic E-state index is 12.1. The first-order chi connectivity index (χ1) is 15.1. The molecule has 0 bridgehead atoms. The topological polar surface area (TPSA) is 66.5 Å². The Morgan fingerprint density at radius 2 is 1.65 bits per heavy atom. The summed E-state index contributed by atoms with van der Waals surface area (Å²) in [5.41, 5.74) is 0.256. The summed E-state index contributed by atoms with van der Waals surface area (Å²) in [5, 5.41) is 6.87. The Kier molecular flexibility index (Phi) is 7.72. The predicted octanol–water partition coefficient (Wildman–Crippen LogP) is 0.408. The summed E-state index contributed by atoms with van der Waals surface area (Å²) in [4.78, 5) is 26.6. The monoisotopic (exact) mass is 433 g/mol. The third-order valence-corrected chi connectivity index (χ3v) is 7.71. The van der Waals surface area contributed by atoms with Crippen molar-refractivity contribution < 1.29 is 4.79 Å². The highest BCUT2D eigenvalue weighted by atomic mass is 16.2. The second-order valence-corrected chi connectivity index (χ2v) is 10.1.